The lowest BCUT2D eigenvalue weighted by Gasteiger charge is -2.36. The molecule has 2 aromatic rings. The molecule has 0 saturated carbocycles. The smallest absolute Gasteiger partial charge is 0.228 e. The van der Waals surface area contributed by atoms with Gasteiger partial charge in [-0.1, -0.05) is 0 Å². The number of nitriles is 1. The molecule has 4 heterocycles. The van der Waals surface area contributed by atoms with Gasteiger partial charge in [0, 0.05) is 55.9 Å². The van der Waals surface area contributed by atoms with Crippen molar-refractivity contribution in [3.63, 3.8) is 0 Å². The third kappa shape index (κ3) is 4.46. The van der Waals surface area contributed by atoms with Crippen LogP contribution < -0.4 is 15.8 Å². The lowest BCUT2D eigenvalue weighted by atomic mass is 9.98. The van der Waals surface area contributed by atoms with Gasteiger partial charge in [0.25, 0.3) is 0 Å². The van der Waals surface area contributed by atoms with E-state index in [0.29, 0.717) is 16.8 Å². The number of ether oxygens (including phenoxy) is 1. The maximum absolute atomic E-state index is 12.4. The van der Waals surface area contributed by atoms with Gasteiger partial charge in [-0.25, -0.2) is 4.52 Å². The molecule has 4 rings (SSSR count). The summed E-state index contributed by atoms with van der Waals surface area (Å²) in [6, 6.07) is 4.18. The number of allylic oxidation sites excluding steroid dienone is 1. The van der Waals surface area contributed by atoms with Crippen LogP contribution in [-0.4, -0.2) is 65.0 Å². The molecule has 0 atom stereocenters. The molecule has 0 unspecified atom stereocenters. The monoisotopic (exact) mass is 435 g/mol. The van der Waals surface area contributed by atoms with Gasteiger partial charge in [0.15, 0.2) is 0 Å². The first-order chi connectivity index (χ1) is 15.5. The second kappa shape index (κ2) is 9.40. The second-order valence-electron chi connectivity index (χ2n) is 8.53. The standard InChI is InChI=1S/C23H29N7O2/c1-15(2)32-21-7-16(14-30-22(21)18(9-25)13-28-30)17(8-24)12-27-20-3-5-29(6-4-20)23(31)19-10-26-11-19/h7-8,12-15,19-20,26H,3-6,10-11,24H2,1-2H3. The number of pyridine rings is 1. The third-order valence-corrected chi connectivity index (χ3v) is 5.90. The average Bonchev–Trinajstić information content (AvgIpc) is 3.16. The summed E-state index contributed by atoms with van der Waals surface area (Å²) >= 11 is 0. The maximum Gasteiger partial charge on any atom is 0.228 e. The first-order valence-electron chi connectivity index (χ1n) is 11.0. The number of aliphatic imine (C=N–C) groups is 1. The summed E-state index contributed by atoms with van der Waals surface area (Å²) in [4.78, 5) is 19.1. The number of nitrogens with two attached hydrogens (primary N) is 1. The first-order valence-corrected chi connectivity index (χ1v) is 11.0. The molecule has 0 bridgehead atoms. The summed E-state index contributed by atoms with van der Waals surface area (Å²) in [7, 11) is 0. The predicted molar refractivity (Wildman–Crippen MR) is 122 cm³/mol. The van der Waals surface area contributed by atoms with Gasteiger partial charge >= 0.3 is 0 Å². The zero-order valence-electron chi connectivity index (χ0n) is 18.5. The molecular weight excluding hydrogens is 406 g/mol. The highest BCUT2D eigenvalue weighted by Crippen LogP contribution is 2.28. The summed E-state index contributed by atoms with van der Waals surface area (Å²) < 4.78 is 7.60. The van der Waals surface area contributed by atoms with Crippen LogP contribution in [0.25, 0.3) is 11.1 Å². The van der Waals surface area contributed by atoms with Gasteiger partial charge in [-0.3, -0.25) is 9.79 Å². The topological polar surface area (TPSA) is 121 Å². The third-order valence-electron chi connectivity index (χ3n) is 5.90. The molecule has 0 spiro atoms. The molecule has 0 aliphatic carbocycles. The van der Waals surface area contributed by atoms with E-state index in [2.05, 4.69) is 16.5 Å². The molecule has 0 radical (unpaired) electrons. The Morgan fingerprint density at radius 3 is 2.75 bits per heavy atom. The largest absolute Gasteiger partial charge is 0.489 e. The average molecular weight is 436 g/mol. The lowest BCUT2D eigenvalue weighted by Crippen LogP contribution is -2.53. The summed E-state index contributed by atoms with van der Waals surface area (Å²) in [5.41, 5.74) is 8.57. The van der Waals surface area contributed by atoms with E-state index in [0.717, 1.165) is 50.2 Å². The number of fused-ring (bicyclic) bond motifs is 1. The van der Waals surface area contributed by atoms with Crippen LogP contribution in [0.1, 0.15) is 37.8 Å². The Morgan fingerprint density at radius 2 is 2.16 bits per heavy atom. The van der Waals surface area contributed by atoms with Gasteiger partial charge < -0.3 is 20.7 Å². The molecule has 9 nitrogen and oxygen atoms in total. The van der Waals surface area contributed by atoms with Crippen molar-refractivity contribution in [1.82, 2.24) is 19.8 Å². The van der Waals surface area contributed by atoms with E-state index >= 15 is 0 Å². The Bertz CT molecular complexity index is 1080. The Labute approximate surface area is 187 Å². The summed E-state index contributed by atoms with van der Waals surface area (Å²) in [6.45, 7) is 6.93. The zero-order chi connectivity index (χ0) is 22.7. The van der Waals surface area contributed by atoms with E-state index in [9.17, 15) is 10.1 Å². The Balaban J connectivity index is 1.49. The second-order valence-corrected chi connectivity index (χ2v) is 8.53. The van der Waals surface area contributed by atoms with Gasteiger partial charge in [-0.2, -0.15) is 10.4 Å². The van der Waals surface area contributed by atoms with Crippen molar-refractivity contribution in [1.29, 1.82) is 5.26 Å². The van der Waals surface area contributed by atoms with E-state index in [1.165, 1.54) is 12.4 Å². The Kier molecular flexibility index (Phi) is 6.42. The number of amides is 1. The molecule has 9 heteroatoms. The lowest BCUT2D eigenvalue weighted by molar-refractivity contribution is -0.138. The van der Waals surface area contributed by atoms with Gasteiger partial charge in [-0.05, 0) is 32.8 Å². The van der Waals surface area contributed by atoms with Crippen LogP contribution in [0.4, 0.5) is 0 Å². The van der Waals surface area contributed by atoms with Crippen LogP contribution >= 0.6 is 0 Å². The molecule has 2 aliphatic heterocycles. The zero-order valence-corrected chi connectivity index (χ0v) is 18.5. The number of hydrogen-bond acceptors (Lipinski definition) is 7. The molecule has 3 N–H and O–H groups in total. The molecule has 2 aromatic heterocycles. The van der Waals surface area contributed by atoms with E-state index in [1.807, 2.05) is 31.0 Å². The number of nitrogens with zero attached hydrogens (tertiary/aromatic N) is 5. The van der Waals surface area contributed by atoms with Crippen LogP contribution in [0.3, 0.4) is 0 Å². The fourth-order valence-electron chi connectivity index (χ4n) is 4.02. The molecule has 32 heavy (non-hydrogen) atoms. The predicted octanol–water partition coefficient (Wildman–Crippen LogP) is 1.57. The number of likely N-dealkylation sites (tertiary alicyclic amines) is 1. The number of rotatable bonds is 6. The van der Waals surface area contributed by atoms with Gasteiger partial charge in [-0.15, -0.1) is 0 Å². The molecule has 2 aliphatic rings. The normalized spacial score (nSPS) is 18.3. The van der Waals surface area contributed by atoms with Gasteiger partial charge in [0.1, 0.15) is 22.9 Å². The van der Waals surface area contributed by atoms with Crippen molar-refractivity contribution < 1.29 is 9.53 Å². The maximum atomic E-state index is 12.4. The highest BCUT2D eigenvalue weighted by atomic mass is 16.5. The SMILES string of the molecule is CC(C)Oc1cc(C(C=NC2CCN(C(=O)C3CNC3)CC2)=CN)cn2ncc(C#N)c12. The molecule has 168 valence electrons. The number of aromatic nitrogens is 2. The Morgan fingerprint density at radius 1 is 1.41 bits per heavy atom. The number of carbonyl (C=O) groups is 1. The van der Waals surface area contributed by atoms with Crippen LogP contribution in [0.5, 0.6) is 5.75 Å². The molecule has 2 saturated heterocycles. The van der Waals surface area contributed by atoms with E-state index in [4.69, 9.17) is 15.5 Å². The molecule has 2 fully saturated rings. The summed E-state index contributed by atoms with van der Waals surface area (Å²) in [6.07, 6.45) is 8.27. The van der Waals surface area contributed by atoms with E-state index < -0.39 is 0 Å². The minimum Gasteiger partial charge on any atom is -0.489 e. The van der Waals surface area contributed by atoms with Crippen LogP contribution in [0.2, 0.25) is 0 Å². The molecule has 0 aromatic carbocycles. The highest BCUT2D eigenvalue weighted by molar-refractivity contribution is 6.09. The summed E-state index contributed by atoms with van der Waals surface area (Å²) in [5, 5.41) is 16.8. The van der Waals surface area contributed by atoms with Crippen molar-refractivity contribution >= 4 is 23.2 Å². The Hall–Kier alpha value is -3.38. The minimum absolute atomic E-state index is 0.0573. The number of piperidine rings is 1. The summed E-state index contributed by atoms with van der Waals surface area (Å²) in [5.74, 6) is 0.982. The minimum atomic E-state index is -0.0573. The number of nitrogens with one attached hydrogen (secondary N) is 1. The quantitative estimate of drug-likeness (QED) is 0.665. The number of hydrogen-bond donors (Lipinski definition) is 2. The van der Waals surface area contributed by atoms with Crippen LogP contribution in [0, 0.1) is 17.2 Å². The van der Waals surface area contributed by atoms with Crippen LogP contribution in [-0.2, 0) is 4.79 Å². The molecular formula is C23H29N7O2. The first kappa shape index (κ1) is 21.8. The van der Waals surface area contributed by atoms with Crippen molar-refractivity contribution in [3.8, 4) is 11.8 Å². The van der Waals surface area contributed by atoms with Crippen molar-refractivity contribution in [3.05, 3.63) is 35.8 Å². The van der Waals surface area contributed by atoms with Crippen LogP contribution in [0.15, 0.2) is 29.7 Å². The van der Waals surface area contributed by atoms with Crippen molar-refractivity contribution in [2.24, 2.45) is 16.6 Å². The van der Waals surface area contributed by atoms with Gasteiger partial charge in [0.2, 0.25) is 5.91 Å². The van der Waals surface area contributed by atoms with Crippen molar-refractivity contribution in [2.75, 3.05) is 26.2 Å². The molecule has 1 amide bonds. The van der Waals surface area contributed by atoms with Crippen molar-refractivity contribution in [2.45, 2.75) is 38.8 Å². The fourth-order valence-corrected chi connectivity index (χ4v) is 4.02. The highest BCUT2D eigenvalue weighted by Gasteiger charge is 2.31. The fraction of sp³-hybridized carbons (Fsp3) is 0.478. The number of carbonyl (C=O) groups excluding carboxylic acids is 1. The van der Waals surface area contributed by atoms with E-state index in [-0.39, 0.29) is 24.0 Å². The van der Waals surface area contributed by atoms with E-state index in [1.54, 1.807) is 10.7 Å². The van der Waals surface area contributed by atoms with Gasteiger partial charge in [0.05, 0.1) is 24.3 Å².